The van der Waals surface area contributed by atoms with Gasteiger partial charge in [-0.25, -0.2) is 0 Å². The van der Waals surface area contributed by atoms with Crippen LogP contribution in [0.15, 0.2) is 24.3 Å². The highest BCUT2D eigenvalue weighted by molar-refractivity contribution is 7.67. The fourth-order valence-corrected chi connectivity index (χ4v) is 2.56. The Kier molecular flexibility index (Phi) is 3.63. The van der Waals surface area contributed by atoms with Gasteiger partial charge in [-0.3, -0.25) is 14.7 Å². The van der Waals surface area contributed by atoms with Gasteiger partial charge in [0.2, 0.25) is 7.44 Å². The van der Waals surface area contributed by atoms with Crippen LogP contribution in [0, 0.1) is 0 Å². The van der Waals surface area contributed by atoms with Gasteiger partial charge in [-0.05, 0) is 31.5 Å². The van der Waals surface area contributed by atoms with Crippen LogP contribution in [0.5, 0.6) is 0 Å². The van der Waals surface area contributed by atoms with E-state index in [1.165, 1.54) is 0 Å². The molecule has 0 saturated heterocycles. The van der Waals surface area contributed by atoms with Crippen molar-refractivity contribution in [2.24, 2.45) is 0 Å². The van der Waals surface area contributed by atoms with E-state index < -0.39 is 7.44 Å². The van der Waals surface area contributed by atoms with Crippen LogP contribution in [0.3, 0.4) is 0 Å². The van der Waals surface area contributed by atoms with Crippen LogP contribution in [0.25, 0.3) is 0 Å². The summed E-state index contributed by atoms with van der Waals surface area (Å²) < 4.78 is 12.0. The highest BCUT2D eigenvalue weighted by Crippen LogP contribution is 2.32. The van der Waals surface area contributed by atoms with Crippen molar-refractivity contribution in [3.05, 3.63) is 24.3 Å². The first-order valence-electron chi connectivity index (χ1n) is 3.96. The first kappa shape index (κ1) is 10.9. The molecular weight excluding hydrogens is 202 g/mol. The van der Waals surface area contributed by atoms with E-state index in [4.69, 9.17) is 0 Å². The molecule has 0 aromatic heterocycles. The van der Waals surface area contributed by atoms with E-state index in [-0.39, 0.29) is 0 Å². The molecule has 3 nitrogen and oxygen atoms in total. The summed E-state index contributed by atoms with van der Waals surface area (Å²) in [7, 11) is 3.40. The maximum atomic E-state index is 12.0. The minimum Gasteiger partial charge on any atom is -0.284 e. The molecule has 0 aliphatic rings. The smallest absolute Gasteiger partial charge is 0.240 e. The molecule has 13 heavy (non-hydrogen) atoms. The van der Waals surface area contributed by atoms with Crippen molar-refractivity contribution in [2.75, 3.05) is 14.1 Å². The minimum atomic E-state index is -2.56. The second-order valence-corrected chi connectivity index (χ2v) is 5.94. The van der Waals surface area contributed by atoms with Gasteiger partial charge in [0.05, 0.1) is 0 Å². The van der Waals surface area contributed by atoms with E-state index in [0.29, 0.717) is 0 Å². The van der Waals surface area contributed by atoms with Crippen molar-refractivity contribution in [3.63, 3.8) is 0 Å². The number of hydrogen-bond acceptors (Lipinski definition) is 1. The van der Waals surface area contributed by atoms with Gasteiger partial charge < -0.3 is 0 Å². The number of hydrogen-bond donors (Lipinski definition) is 2. The summed E-state index contributed by atoms with van der Waals surface area (Å²) >= 11 is 0. The lowest BCUT2D eigenvalue weighted by Crippen LogP contribution is -2.25. The number of nitrogens with one attached hydrogen (secondary N) is 2. The summed E-state index contributed by atoms with van der Waals surface area (Å²) in [4.78, 5) is 0. The van der Waals surface area contributed by atoms with E-state index >= 15 is 0 Å². The van der Waals surface area contributed by atoms with Crippen molar-refractivity contribution < 1.29 is 4.57 Å². The van der Waals surface area contributed by atoms with E-state index in [1.807, 2.05) is 24.3 Å². The van der Waals surface area contributed by atoms with Gasteiger partial charge in [0.25, 0.3) is 0 Å². The van der Waals surface area contributed by atoms with Crippen LogP contribution in [0.4, 0.5) is 0 Å². The summed E-state index contributed by atoms with van der Waals surface area (Å²) in [6.07, 6.45) is 0. The summed E-state index contributed by atoms with van der Waals surface area (Å²) in [6.45, 7) is 0. The lowest BCUT2D eigenvalue weighted by molar-refractivity contribution is 0.570. The largest absolute Gasteiger partial charge is 0.284 e. The monoisotopic (exact) mass is 216 g/mol. The lowest BCUT2D eigenvalue weighted by atomic mass is 10.4. The van der Waals surface area contributed by atoms with Gasteiger partial charge in [-0.15, -0.1) is 9.24 Å². The van der Waals surface area contributed by atoms with Crippen LogP contribution in [-0.4, -0.2) is 14.1 Å². The molecule has 0 aliphatic carbocycles. The zero-order chi connectivity index (χ0) is 9.90. The van der Waals surface area contributed by atoms with Crippen LogP contribution >= 0.6 is 16.7 Å². The summed E-state index contributed by atoms with van der Waals surface area (Å²) in [6, 6.07) is 7.55. The lowest BCUT2D eigenvalue weighted by Gasteiger charge is -2.15. The molecule has 5 heteroatoms. The van der Waals surface area contributed by atoms with Crippen molar-refractivity contribution in [1.82, 2.24) is 10.2 Å². The first-order valence-corrected chi connectivity index (χ1v) is 6.25. The predicted molar refractivity (Wildman–Crippen MR) is 61.1 cm³/mol. The predicted octanol–water partition coefficient (Wildman–Crippen LogP) is 0.444. The first-order chi connectivity index (χ1) is 6.12. The Bertz CT molecular complexity index is 315. The summed E-state index contributed by atoms with van der Waals surface area (Å²) in [5.74, 6) is 0. The molecule has 1 aromatic rings. The fourth-order valence-electron chi connectivity index (χ4n) is 1.05. The van der Waals surface area contributed by atoms with Gasteiger partial charge in [0.1, 0.15) is 0 Å². The van der Waals surface area contributed by atoms with Gasteiger partial charge in [-0.1, -0.05) is 12.1 Å². The molecule has 0 aliphatic heterocycles. The fraction of sp³-hybridized carbons (Fsp3) is 0.250. The second kappa shape index (κ2) is 4.34. The second-order valence-electron chi connectivity index (χ2n) is 2.65. The Morgan fingerprint density at radius 3 is 2.00 bits per heavy atom. The molecule has 0 amide bonds. The zero-order valence-corrected chi connectivity index (χ0v) is 9.79. The molecule has 0 bridgehead atoms. The van der Waals surface area contributed by atoms with Crippen molar-refractivity contribution in [3.8, 4) is 0 Å². The van der Waals surface area contributed by atoms with Crippen LogP contribution in [-0.2, 0) is 4.57 Å². The number of benzene rings is 1. The molecule has 72 valence electrons. The molecular formula is C8H14N2OP2. The molecule has 0 spiro atoms. The van der Waals surface area contributed by atoms with Crippen molar-refractivity contribution in [1.29, 1.82) is 0 Å². The average Bonchev–Trinajstić information content (AvgIpc) is 2.18. The van der Waals surface area contributed by atoms with Gasteiger partial charge in [0.15, 0.2) is 0 Å². The van der Waals surface area contributed by atoms with Crippen molar-refractivity contribution >= 4 is 27.3 Å². The van der Waals surface area contributed by atoms with Gasteiger partial charge in [-0.2, -0.15) is 0 Å². The van der Waals surface area contributed by atoms with E-state index in [1.54, 1.807) is 14.1 Å². The normalized spacial score (nSPS) is 11.6. The third-order valence-corrected chi connectivity index (χ3v) is 4.56. The molecule has 1 atom stereocenters. The van der Waals surface area contributed by atoms with Crippen LogP contribution < -0.4 is 20.8 Å². The van der Waals surface area contributed by atoms with E-state index in [9.17, 15) is 4.57 Å². The highest BCUT2D eigenvalue weighted by atomic mass is 31.2. The Balaban J connectivity index is 3.07. The van der Waals surface area contributed by atoms with Gasteiger partial charge in [0, 0.05) is 5.30 Å². The van der Waals surface area contributed by atoms with Crippen LogP contribution in [0.1, 0.15) is 0 Å². The zero-order valence-electron chi connectivity index (χ0n) is 7.74. The molecule has 0 radical (unpaired) electrons. The molecule has 0 heterocycles. The number of rotatable bonds is 3. The van der Waals surface area contributed by atoms with Gasteiger partial charge >= 0.3 is 0 Å². The standard InChI is InChI=1S/C8H14N2OP2/c1-9-13(11,10-2)8-5-3-7(12)4-6-8/h3-6H,12H2,1-2H3,(H2,9,10,11). The molecule has 1 unspecified atom stereocenters. The van der Waals surface area contributed by atoms with Crippen LogP contribution in [0.2, 0.25) is 0 Å². The quantitative estimate of drug-likeness (QED) is 0.720. The molecule has 2 N–H and O–H groups in total. The van der Waals surface area contributed by atoms with E-state index in [2.05, 4.69) is 19.4 Å². The minimum absolute atomic E-state index is 0.795. The summed E-state index contributed by atoms with van der Waals surface area (Å²) in [5.41, 5.74) is 0. The Morgan fingerprint density at radius 1 is 1.15 bits per heavy atom. The molecule has 0 fully saturated rings. The maximum Gasteiger partial charge on any atom is 0.240 e. The molecule has 0 saturated carbocycles. The van der Waals surface area contributed by atoms with E-state index in [0.717, 1.165) is 10.6 Å². The topological polar surface area (TPSA) is 41.1 Å². The van der Waals surface area contributed by atoms with Crippen molar-refractivity contribution in [2.45, 2.75) is 0 Å². The average molecular weight is 216 g/mol. The SMILES string of the molecule is CNP(=O)(NC)c1ccc(P)cc1. The molecule has 1 rings (SSSR count). The Labute approximate surface area is 81.0 Å². The highest BCUT2D eigenvalue weighted by Gasteiger charge is 2.18. The Hall–Kier alpha value is -0.200. The third kappa shape index (κ3) is 2.38. The maximum absolute atomic E-state index is 12.0. The Morgan fingerprint density at radius 2 is 1.62 bits per heavy atom. The third-order valence-electron chi connectivity index (χ3n) is 1.89. The summed E-state index contributed by atoms with van der Waals surface area (Å²) in [5, 5.41) is 7.48. The molecule has 1 aromatic carbocycles.